The molecule has 0 aromatic carbocycles. The van der Waals surface area contributed by atoms with Crippen LogP contribution in [0.5, 0.6) is 0 Å². The summed E-state index contributed by atoms with van der Waals surface area (Å²) in [5.41, 5.74) is -1.34. The first-order valence-corrected chi connectivity index (χ1v) is 10.4. The van der Waals surface area contributed by atoms with Gasteiger partial charge in [-0.3, -0.25) is 4.90 Å². The number of anilines is 1. The van der Waals surface area contributed by atoms with Crippen LogP contribution in [0.2, 0.25) is 5.15 Å². The Morgan fingerprint density at radius 3 is 2.70 bits per heavy atom. The molecule has 30 heavy (non-hydrogen) atoms. The van der Waals surface area contributed by atoms with Crippen LogP contribution in [0.1, 0.15) is 75.6 Å². The summed E-state index contributed by atoms with van der Waals surface area (Å²) in [6.45, 7) is 7.33. The van der Waals surface area contributed by atoms with Crippen molar-refractivity contribution in [2.45, 2.75) is 71.3 Å². The van der Waals surface area contributed by atoms with Crippen molar-refractivity contribution in [3.63, 3.8) is 0 Å². The Labute approximate surface area is 179 Å². The first-order valence-electron chi connectivity index (χ1n) is 10.0. The molecule has 1 amide bonds. The summed E-state index contributed by atoms with van der Waals surface area (Å²) in [7, 11) is 0. The van der Waals surface area contributed by atoms with E-state index < -0.39 is 29.8 Å². The van der Waals surface area contributed by atoms with Gasteiger partial charge in [-0.25, -0.2) is 19.0 Å². The van der Waals surface area contributed by atoms with E-state index in [0.29, 0.717) is 0 Å². The van der Waals surface area contributed by atoms with E-state index in [9.17, 15) is 19.1 Å². The van der Waals surface area contributed by atoms with Crippen molar-refractivity contribution in [1.29, 1.82) is 0 Å². The number of esters is 1. The Morgan fingerprint density at radius 2 is 2.07 bits per heavy atom. The van der Waals surface area contributed by atoms with E-state index in [1.165, 1.54) is 4.90 Å². The number of cyclic esters (lactones) is 1. The van der Waals surface area contributed by atoms with Crippen molar-refractivity contribution in [2.24, 2.45) is 5.92 Å². The summed E-state index contributed by atoms with van der Waals surface area (Å²) in [4.78, 5) is 30.0. The maximum absolute atomic E-state index is 14.9. The van der Waals surface area contributed by atoms with Gasteiger partial charge in [-0.15, -0.1) is 0 Å². The molecule has 0 saturated heterocycles. The summed E-state index contributed by atoms with van der Waals surface area (Å²) in [6, 6.07) is -0.0791. The lowest BCUT2D eigenvalue weighted by Crippen LogP contribution is -2.49. The van der Waals surface area contributed by atoms with E-state index in [4.69, 9.17) is 16.3 Å². The summed E-state index contributed by atoms with van der Waals surface area (Å²) < 4.78 is 25.1. The van der Waals surface area contributed by atoms with Crippen molar-refractivity contribution in [2.75, 3.05) is 12.0 Å². The van der Waals surface area contributed by atoms with E-state index >= 15 is 0 Å². The van der Waals surface area contributed by atoms with E-state index in [2.05, 4.69) is 22.0 Å². The molecule has 1 aliphatic heterocycles. The monoisotopic (exact) mass is 443 g/mol. The molecule has 0 spiro atoms. The number of rotatable bonds is 4. The van der Waals surface area contributed by atoms with Crippen LogP contribution < -0.4 is 5.32 Å². The van der Waals surface area contributed by atoms with Crippen LogP contribution in [-0.2, 0) is 9.47 Å². The molecule has 1 saturated carbocycles. The summed E-state index contributed by atoms with van der Waals surface area (Å²) in [6.07, 6.45) is 1.60. The van der Waals surface area contributed by atoms with Gasteiger partial charge in [-0.05, 0) is 39.5 Å². The molecule has 0 radical (unpaired) electrons. The Bertz CT molecular complexity index is 845. The van der Waals surface area contributed by atoms with Crippen LogP contribution in [-0.4, -0.2) is 45.4 Å². The minimum Gasteiger partial charge on any atom is -0.444 e. The van der Waals surface area contributed by atoms with Crippen LogP contribution >= 0.6 is 11.6 Å². The predicted octanol–water partition coefficient (Wildman–Crippen LogP) is 4.22. The number of nitrogens with zero attached hydrogens (tertiary/aromatic N) is 2. The minimum atomic E-state index is -1.76. The maximum Gasteiger partial charge on any atom is 0.411 e. The molecule has 1 aliphatic carbocycles. The SMILES string of the molecule is C[C@@H]1CCCC[C@@H]1N(CNc1nc(Cl)c2c(c1F)C(O)OC2=O)C(=O)OC(C)(C)C. The highest BCUT2D eigenvalue weighted by Crippen LogP contribution is 2.37. The molecule has 0 bridgehead atoms. The Kier molecular flexibility index (Phi) is 6.43. The minimum absolute atomic E-state index is 0.0755. The first kappa shape index (κ1) is 22.6. The fourth-order valence-corrected chi connectivity index (χ4v) is 4.13. The van der Waals surface area contributed by atoms with E-state index in [1.54, 1.807) is 20.8 Å². The molecule has 1 fully saturated rings. The average molecular weight is 444 g/mol. The number of aliphatic hydroxyl groups is 1. The van der Waals surface area contributed by atoms with Crippen LogP contribution in [0.25, 0.3) is 0 Å². The number of amides is 1. The number of aliphatic hydroxyl groups excluding tert-OH is 1. The average Bonchev–Trinajstić information content (AvgIpc) is 2.94. The number of fused-ring (bicyclic) bond motifs is 1. The summed E-state index contributed by atoms with van der Waals surface area (Å²) in [5.74, 6) is -1.92. The number of carbonyl (C=O) groups is 2. The molecule has 2 N–H and O–H groups in total. The Morgan fingerprint density at radius 1 is 1.40 bits per heavy atom. The third kappa shape index (κ3) is 4.62. The molecule has 3 rings (SSSR count). The second-order valence-corrected chi connectivity index (χ2v) is 9.08. The molecular weight excluding hydrogens is 417 g/mol. The predicted molar refractivity (Wildman–Crippen MR) is 108 cm³/mol. The van der Waals surface area contributed by atoms with Gasteiger partial charge in [-0.1, -0.05) is 31.4 Å². The van der Waals surface area contributed by atoms with Gasteiger partial charge < -0.3 is 19.9 Å². The lowest BCUT2D eigenvalue weighted by molar-refractivity contribution is -0.0562. The van der Waals surface area contributed by atoms with Gasteiger partial charge >= 0.3 is 12.1 Å². The Balaban J connectivity index is 1.85. The van der Waals surface area contributed by atoms with Crippen LogP contribution in [0, 0.1) is 11.7 Å². The second-order valence-electron chi connectivity index (χ2n) is 8.73. The largest absolute Gasteiger partial charge is 0.444 e. The molecule has 2 heterocycles. The molecule has 1 aromatic rings. The van der Waals surface area contributed by atoms with Crippen LogP contribution in [0.15, 0.2) is 0 Å². The highest BCUT2D eigenvalue weighted by molar-refractivity contribution is 6.33. The number of hydrogen-bond acceptors (Lipinski definition) is 7. The van der Waals surface area contributed by atoms with Crippen molar-refractivity contribution in [3.05, 3.63) is 22.1 Å². The summed E-state index contributed by atoms with van der Waals surface area (Å²) >= 11 is 6.01. The lowest BCUT2D eigenvalue weighted by atomic mass is 9.85. The van der Waals surface area contributed by atoms with Gasteiger partial charge in [0.1, 0.15) is 16.3 Å². The van der Waals surface area contributed by atoms with Crippen LogP contribution in [0.3, 0.4) is 0 Å². The molecule has 3 atom stereocenters. The van der Waals surface area contributed by atoms with Crippen molar-refractivity contribution in [1.82, 2.24) is 9.88 Å². The molecule has 166 valence electrons. The zero-order valence-corrected chi connectivity index (χ0v) is 18.3. The number of ether oxygens (including phenoxy) is 2. The Hall–Kier alpha value is -2.13. The van der Waals surface area contributed by atoms with Gasteiger partial charge in [-0.2, -0.15) is 0 Å². The van der Waals surface area contributed by atoms with Gasteiger partial charge in [0, 0.05) is 6.04 Å². The topological polar surface area (TPSA) is 101 Å². The van der Waals surface area contributed by atoms with E-state index in [1.807, 2.05) is 0 Å². The number of aromatic nitrogens is 1. The fourth-order valence-electron chi connectivity index (χ4n) is 3.87. The lowest BCUT2D eigenvalue weighted by Gasteiger charge is -2.39. The zero-order chi connectivity index (χ0) is 22.2. The van der Waals surface area contributed by atoms with Gasteiger partial charge in [0.2, 0.25) is 6.29 Å². The van der Waals surface area contributed by atoms with Gasteiger partial charge in [0.25, 0.3) is 0 Å². The van der Waals surface area contributed by atoms with Gasteiger partial charge in [0.15, 0.2) is 11.6 Å². The number of pyridine rings is 1. The van der Waals surface area contributed by atoms with E-state index in [-0.39, 0.29) is 40.7 Å². The molecule has 10 heteroatoms. The first-order chi connectivity index (χ1) is 14.0. The third-order valence-electron chi connectivity index (χ3n) is 5.31. The highest BCUT2D eigenvalue weighted by Gasteiger charge is 2.38. The molecule has 8 nitrogen and oxygen atoms in total. The van der Waals surface area contributed by atoms with E-state index in [0.717, 1.165) is 25.7 Å². The maximum atomic E-state index is 14.9. The normalized spacial score (nSPS) is 23.6. The molecule has 1 aromatic heterocycles. The quantitative estimate of drug-likeness (QED) is 0.408. The molecular formula is C20H27ClFN3O5. The van der Waals surface area contributed by atoms with Crippen molar-refractivity contribution < 1.29 is 28.6 Å². The number of carbonyl (C=O) groups excluding carboxylic acids is 2. The van der Waals surface area contributed by atoms with Crippen molar-refractivity contribution >= 4 is 29.5 Å². The van der Waals surface area contributed by atoms with Crippen LogP contribution in [0.4, 0.5) is 15.0 Å². The third-order valence-corrected chi connectivity index (χ3v) is 5.58. The number of nitrogens with one attached hydrogen (secondary N) is 1. The smallest absolute Gasteiger partial charge is 0.411 e. The molecule has 2 aliphatic rings. The summed E-state index contributed by atoms with van der Waals surface area (Å²) in [5, 5.41) is 12.3. The zero-order valence-electron chi connectivity index (χ0n) is 17.5. The van der Waals surface area contributed by atoms with Crippen molar-refractivity contribution in [3.8, 4) is 0 Å². The second kappa shape index (κ2) is 8.55. The molecule has 1 unspecified atom stereocenters. The number of hydrogen-bond donors (Lipinski definition) is 2. The number of halogens is 2. The standard InChI is InChI=1S/C20H27ClFN3O5/c1-10-7-5-6-8-11(10)25(19(28)30-20(2,3)4)9-23-16-14(22)12-13(15(21)24-16)18(27)29-17(12)26/h10-11,17,26H,5-9H2,1-4H3,(H,23,24)/t10-,11+,17?/m1/s1. The fraction of sp³-hybridized carbons (Fsp3) is 0.650. The highest BCUT2D eigenvalue weighted by atomic mass is 35.5. The van der Waals surface area contributed by atoms with Gasteiger partial charge in [0.05, 0.1) is 12.2 Å².